The Morgan fingerprint density at radius 1 is 1.30 bits per heavy atom. The summed E-state index contributed by atoms with van der Waals surface area (Å²) < 4.78 is 4.73. The van der Waals surface area contributed by atoms with Crippen molar-refractivity contribution in [2.24, 2.45) is 0 Å². The average molecular weight is 278 g/mol. The highest BCUT2D eigenvalue weighted by Crippen LogP contribution is 2.07. The molecule has 20 heavy (non-hydrogen) atoms. The fraction of sp³-hybridized carbons (Fsp3) is 0.533. The zero-order valence-corrected chi connectivity index (χ0v) is 12.1. The van der Waals surface area contributed by atoms with Crippen LogP contribution in [0.2, 0.25) is 0 Å². The minimum atomic E-state index is -0.605. The van der Waals surface area contributed by atoms with Crippen molar-refractivity contribution in [2.75, 3.05) is 7.11 Å². The van der Waals surface area contributed by atoms with E-state index in [9.17, 15) is 9.59 Å². The number of hydrogen-bond acceptors (Lipinski definition) is 4. The van der Waals surface area contributed by atoms with Crippen LogP contribution in [0.5, 0.6) is 0 Å². The van der Waals surface area contributed by atoms with Gasteiger partial charge in [-0.1, -0.05) is 38.7 Å². The van der Waals surface area contributed by atoms with Crippen LogP contribution in [0.3, 0.4) is 0 Å². The van der Waals surface area contributed by atoms with Gasteiger partial charge in [0.05, 0.1) is 7.11 Å². The van der Waals surface area contributed by atoms with E-state index in [-0.39, 0.29) is 5.91 Å². The second-order valence-electron chi connectivity index (χ2n) is 4.61. The van der Waals surface area contributed by atoms with Crippen LogP contribution in [-0.4, -0.2) is 30.0 Å². The summed E-state index contributed by atoms with van der Waals surface area (Å²) in [6.07, 6.45) is 6.32. The first kappa shape index (κ1) is 16.1. The minimum Gasteiger partial charge on any atom is -0.467 e. The molecule has 1 atom stereocenters. The number of unbranched alkanes of at least 4 members (excludes halogenated alkanes) is 3. The van der Waals surface area contributed by atoms with Crippen LogP contribution in [0.15, 0.2) is 24.4 Å². The van der Waals surface area contributed by atoms with Crippen LogP contribution in [0.1, 0.15) is 49.5 Å². The Hall–Kier alpha value is -1.91. The smallest absolute Gasteiger partial charge is 0.328 e. The number of esters is 1. The second kappa shape index (κ2) is 9.07. The molecule has 0 unspecified atom stereocenters. The first-order valence-electron chi connectivity index (χ1n) is 6.98. The van der Waals surface area contributed by atoms with Crippen LogP contribution in [0, 0.1) is 0 Å². The van der Waals surface area contributed by atoms with Crippen LogP contribution in [0.4, 0.5) is 0 Å². The number of pyridine rings is 1. The van der Waals surface area contributed by atoms with Gasteiger partial charge in [-0.25, -0.2) is 4.79 Å². The maximum Gasteiger partial charge on any atom is 0.328 e. The quantitative estimate of drug-likeness (QED) is 0.585. The summed E-state index contributed by atoms with van der Waals surface area (Å²) in [5.74, 6) is -0.762. The largest absolute Gasteiger partial charge is 0.467 e. The highest BCUT2D eigenvalue weighted by Gasteiger charge is 2.21. The number of methoxy groups -OCH3 is 1. The number of ether oxygens (including phenoxy) is 1. The molecule has 1 rings (SSSR count). The number of rotatable bonds is 8. The summed E-state index contributed by atoms with van der Waals surface area (Å²) in [6.45, 7) is 2.13. The van der Waals surface area contributed by atoms with Gasteiger partial charge in [0.1, 0.15) is 11.7 Å². The van der Waals surface area contributed by atoms with Crippen molar-refractivity contribution in [3.8, 4) is 0 Å². The molecule has 1 amide bonds. The van der Waals surface area contributed by atoms with Gasteiger partial charge < -0.3 is 10.1 Å². The maximum absolute atomic E-state index is 12.0. The molecule has 1 aromatic rings. The zero-order chi connectivity index (χ0) is 14.8. The van der Waals surface area contributed by atoms with Gasteiger partial charge in [0.25, 0.3) is 5.91 Å². The molecule has 0 saturated heterocycles. The van der Waals surface area contributed by atoms with Crippen molar-refractivity contribution in [1.29, 1.82) is 0 Å². The van der Waals surface area contributed by atoms with E-state index in [0.717, 1.165) is 25.7 Å². The summed E-state index contributed by atoms with van der Waals surface area (Å²) >= 11 is 0. The molecular formula is C15H22N2O3. The molecule has 0 aliphatic heterocycles. The van der Waals surface area contributed by atoms with Crippen molar-refractivity contribution in [3.05, 3.63) is 30.1 Å². The molecule has 0 bridgehead atoms. The van der Waals surface area contributed by atoms with Gasteiger partial charge in [-0.3, -0.25) is 9.78 Å². The number of aromatic nitrogens is 1. The standard InChI is InChI=1S/C15H22N2O3/c1-3-4-5-6-10-13(15(19)20-2)17-14(18)12-9-7-8-11-16-12/h7-9,11,13H,3-6,10H2,1-2H3,(H,17,18)/t13-/m1/s1. The van der Waals surface area contributed by atoms with E-state index in [1.165, 1.54) is 7.11 Å². The van der Waals surface area contributed by atoms with Crippen molar-refractivity contribution in [3.63, 3.8) is 0 Å². The number of carbonyl (C=O) groups excluding carboxylic acids is 2. The van der Waals surface area contributed by atoms with Gasteiger partial charge in [0.2, 0.25) is 0 Å². The molecule has 0 radical (unpaired) electrons. The van der Waals surface area contributed by atoms with Crippen LogP contribution in [0.25, 0.3) is 0 Å². The average Bonchev–Trinajstić information content (AvgIpc) is 2.50. The number of nitrogens with one attached hydrogen (secondary N) is 1. The van der Waals surface area contributed by atoms with E-state index in [1.807, 2.05) is 0 Å². The van der Waals surface area contributed by atoms with Crippen molar-refractivity contribution < 1.29 is 14.3 Å². The predicted octanol–water partition coefficient (Wildman–Crippen LogP) is 2.32. The third-order valence-electron chi connectivity index (χ3n) is 3.03. The molecule has 0 aromatic carbocycles. The van der Waals surface area contributed by atoms with Gasteiger partial charge in [0, 0.05) is 6.20 Å². The normalized spacial score (nSPS) is 11.7. The van der Waals surface area contributed by atoms with Crippen LogP contribution >= 0.6 is 0 Å². The lowest BCUT2D eigenvalue weighted by Crippen LogP contribution is -2.41. The Labute approximate surface area is 119 Å². The number of nitrogens with zero attached hydrogens (tertiary/aromatic N) is 1. The number of amides is 1. The van der Waals surface area contributed by atoms with Crippen LogP contribution < -0.4 is 5.32 Å². The van der Waals surface area contributed by atoms with E-state index >= 15 is 0 Å². The molecule has 0 fully saturated rings. The van der Waals surface area contributed by atoms with Crippen molar-refractivity contribution in [1.82, 2.24) is 10.3 Å². The molecule has 1 aromatic heterocycles. The fourth-order valence-electron chi connectivity index (χ4n) is 1.90. The van der Waals surface area contributed by atoms with Gasteiger partial charge >= 0.3 is 5.97 Å². The summed E-state index contributed by atoms with van der Waals surface area (Å²) in [5.41, 5.74) is 0.301. The highest BCUT2D eigenvalue weighted by molar-refractivity contribution is 5.95. The summed E-state index contributed by atoms with van der Waals surface area (Å²) in [6, 6.07) is 4.47. The first-order chi connectivity index (χ1) is 9.69. The van der Waals surface area contributed by atoms with Gasteiger partial charge in [-0.2, -0.15) is 0 Å². The molecular weight excluding hydrogens is 256 g/mol. The van der Waals surface area contributed by atoms with Gasteiger partial charge in [-0.05, 0) is 18.6 Å². The van der Waals surface area contributed by atoms with Gasteiger partial charge in [0.15, 0.2) is 0 Å². The lowest BCUT2D eigenvalue weighted by molar-refractivity contribution is -0.143. The molecule has 0 spiro atoms. The Morgan fingerprint density at radius 3 is 2.70 bits per heavy atom. The second-order valence-corrected chi connectivity index (χ2v) is 4.61. The van der Waals surface area contributed by atoms with Gasteiger partial charge in [-0.15, -0.1) is 0 Å². The number of carbonyl (C=O) groups is 2. The Morgan fingerprint density at radius 2 is 2.10 bits per heavy atom. The third kappa shape index (κ3) is 5.38. The van der Waals surface area contributed by atoms with Crippen molar-refractivity contribution >= 4 is 11.9 Å². The molecule has 1 N–H and O–H groups in total. The Bertz CT molecular complexity index is 420. The molecule has 1 heterocycles. The summed E-state index contributed by atoms with van der Waals surface area (Å²) in [5, 5.41) is 2.68. The zero-order valence-electron chi connectivity index (χ0n) is 12.1. The van der Waals surface area contributed by atoms with E-state index in [2.05, 4.69) is 17.2 Å². The fourth-order valence-corrected chi connectivity index (χ4v) is 1.90. The monoisotopic (exact) mass is 278 g/mol. The van der Waals surface area contributed by atoms with E-state index in [0.29, 0.717) is 12.1 Å². The van der Waals surface area contributed by atoms with Crippen LogP contribution in [-0.2, 0) is 9.53 Å². The Kier molecular flexibility index (Phi) is 7.32. The molecule has 110 valence electrons. The minimum absolute atomic E-state index is 0.301. The lowest BCUT2D eigenvalue weighted by Gasteiger charge is -2.16. The first-order valence-corrected chi connectivity index (χ1v) is 6.98. The molecule has 0 saturated carbocycles. The molecule has 5 heteroatoms. The predicted molar refractivity (Wildman–Crippen MR) is 76.3 cm³/mol. The molecule has 5 nitrogen and oxygen atoms in total. The summed E-state index contributed by atoms with van der Waals surface area (Å²) in [4.78, 5) is 27.6. The molecule has 0 aliphatic rings. The summed E-state index contributed by atoms with van der Waals surface area (Å²) in [7, 11) is 1.33. The van der Waals surface area contributed by atoms with Crippen molar-refractivity contribution in [2.45, 2.75) is 45.1 Å². The van der Waals surface area contributed by atoms with E-state index < -0.39 is 12.0 Å². The highest BCUT2D eigenvalue weighted by atomic mass is 16.5. The molecule has 0 aliphatic carbocycles. The SMILES string of the molecule is CCCCCC[C@@H](NC(=O)c1ccccn1)C(=O)OC. The lowest BCUT2D eigenvalue weighted by atomic mass is 10.1. The maximum atomic E-state index is 12.0. The van der Waals surface area contributed by atoms with E-state index in [1.54, 1.807) is 24.4 Å². The third-order valence-corrected chi connectivity index (χ3v) is 3.03. The number of hydrogen-bond donors (Lipinski definition) is 1. The van der Waals surface area contributed by atoms with E-state index in [4.69, 9.17) is 4.74 Å². The topological polar surface area (TPSA) is 68.3 Å². The Balaban J connectivity index is 2.56.